The van der Waals surface area contributed by atoms with Gasteiger partial charge < -0.3 is 5.32 Å². The number of hydrogen-bond donors (Lipinski definition) is 1. The summed E-state index contributed by atoms with van der Waals surface area (Å²) in [5, 5.41) is 3.57. The summed E-state index contributed by atoms with van der Waals surface area (Å²) in [6, 6.07) is 4.63. The molecule has 0 spiro atoms. The van der Waals surface area contributed by atoms with Crippen LogP contribution in [-0.4, -0.2) is 6.54 Å². The van der Waals surface area contributed by atoms with Crippen molar-refractivity contribution in [3.05, 3.63) is 28.8 Å². The summed E-state index contributed by atoms with van der Waals surface area (Å²) in [6.45, 7) is 12.5. The summed E-state index contributed by atoms with van der Waals surface area (Å²) in [5.74, 6) is 0.689. The minimum absolute atomic E-state index is 0.408. The zero-order valence-corrected chi connectivity index (χ0v) is 11.1. The van der Waals surface area contributed by atoms with Crippen molar-refractivity contribution in [2.24, 2.45) is 5.41 Å². The third-order valence-electron chi connectivity index (χ3n) is 3.33. The SMILES string of the molecule is Cc1cc(C)c2c(c1)C(CC(C)(C)C)CN2. The largest absolute Gasteiger partial charge is 0.384 e. The van der Waals surface area contributed by atoms with E-state index in [-0.39, 0.29) is 0 Å². The van der Waals surface area contributed by atoms with Gasteiger partial charge in [-0.2, -0.15) is 0 Å². The Morgan fingerprint density at radius 1 is 1.25 bits per heavy atom. The third-order valence-corrected chi connectivity index (χ3v) is 3.33. The van der Waals surface area contributed by atoms with Gasteiger partial charge in [-0.15, -0.1) is 0 Å². The molecule has 1 unspecified atom stereocenters. The van der Waals surface area contributed by atoms with E-state index in [9.17, 15) is 0 Å². The summed E-state index contributed by atoms with van der Waals surface area (Å²) in [7, 11) is 0. The number of aryl methyl sites for hydroxylation is 2. The Labute approximate surface area is 99.3 Å². The molecular formula is C15H23N. The van der Waals surface area contributed by atoms with Gasteiger partial charge in [0.05, 0.1) is 0 Å². The molecule has 1 aromatic rings. The van der Waals surface area contributed by atoms with Crippen molar-refractivity contribution in [1.29, 1.82) is 0 Å². The number of nitrogens with one attached hydrogen (secondary N) is 1. The third kappa shape index (κ3) is 2.23. The number of benzene rings is 1. The van der Waals surface area contributed by atoms with Crippen LogP contribution < -0.4 is 5.32 Å². The molecule has 1 heteroatoms. The van der Waals surface area contributed by atoms with Gasteiger partial charge in [-0.3, -0.25) is 0 Å². The number of rotatable bonds is 1. The van der Waals surface area contributed by atoms with Crippen molar-refractivity contribution in [2.75, 3.05) is 11.9 Å². The molecule has 0 radical (unpaired) electrons. The lowest BCUT2D eigenvalue weighted by atomic mass is 9.82. The van der Waals surface area contributed by atoms with Crippen molar-refractivity contribution in [2.45, 2.75) is 47.0 Å². The molecule has 0 bridgehead atoms. The topological polar surface area (TPSA) is 12.0 Å². The molecule has 0 aromatic heterocycles. The van der Waals surface area contributed by atoms with E-state index in [1.165, 1.54) is 28.8 Å². The van der Waals surface area contributed by atoms with Gasteiger partial charge in [0.25, 0.3) is 0 Å². The second-order valence-electron chi connectivity index (χ2n) is 6.39. The Hall–Kier alpha value is -0.980. The van der Waals surface area contributed by atoms with Crippen LogP contribution in [0.3, 0.4) is 0 Å². The fourth-order valence-electron chi connectivity index (χ4n) is 2.82. The molecule has 0 amide bonds. The van der Waals surface area contributed by atoms with Gasteiger partial charge in [0.15, 0.2) is 0 Å². The van der Waals surface area contributed by atoms with Crippen LogP contribution in [0, 0.1) is 19.3 Å². The molecule has 1 nitrogen and oxygen atoms in total. The normalized spacial score (nSPS) is 19.4. The van der Waals surface area contributed by atoms with Gasteiger partial charge in [-0.1, -0.05) is 38.5 Å². The maximum Gasteiger partial charge on any atom is 0.0406 e. The highest BCUT2D eigenvalue weighted by Gasteiger charge is 2.27. The Balaban J connectivity index is 2.32. The molecule has 2 rings (SSSR count). The summed E-state index contributed by atoms with van der Waals surface area (Å²) in [5.41, 5.74) is 6.11. The van der Waals surface area contributed by atoms with Crippen LogP contribution in [0.1, 0.15) is 49.8 Å². The molecule has 1 aliphatic rings. The minimum Gasteiger partial charge on any atom is -0.384 e. The lowest BCUT2D eigenvalue weighted by molar-refractivity contribution is 0.348. The van der Waals surface area contributed by atoms with Crippen LogP contribution in [0.2, 0.25) is 0 Å². The van der Waals surface area contributed by atoms with Gasteiger partial charge in [0.2, 0.25) is 0 Å². The first-order valence-corrected chi connectivity index (χ1v) is 6.22. The highest BCUT2D eigenvalue weighted by molar-refractivity contribution is 5.63. The standard InChI is InChI=1S/C15H23N/c1-10-6-11(2)14-13(7-10)12(9-16-14)8-15(3,4)5/h6-7,12,16H,8-9H2,1-5H3. The van der Waals surface area contributed by atoms with E-state index in [0.29, 0.717) is 11.3 Å². The second-order valence-corrected chi connectivity index (χ2v) is 6.39. The molecule has 0 saturated heterocycles. The molecular weight excluding hydrogens is 194 g/mol. The summed E-state index contributed by atoms with van der Waals surface area (Å²) in [6.07, 6.45) is 1.26. The molecule has 1 heterocycles. The lowest BCUT2D eigenvalue weighted by Crippen LogP contribution is -2.13. The smallest absolute Gasteiger partial charge is 0.0406 e. The first kappa shape index (κ1) is 11.5. The molecule has 0 fully saturated rings. The highest BCUT2D eigenvalue weighted by atomic mass is 14.9. The number of anilines is 1. The predicted molar refractivity (Wildman–Crippen MR) is 71.2 cm³/mol. The van der Waals surface area contributed by atoms with E-state index in [1.807, 2.05) is 0 Å². The minimum atomic E-state index is 0.408. The molecule has 88 valence electrons. The van der Waals surface area contributed by atoms with Crippen LogP contribution in [-0.2, 0) is 0 Å². The van der Waals surface area contributed by atoms with Gasteiger partial charge in [-0.25, -0.2) is 0 Å². The van der Waals surface area contributed by atoms with Crippen molar-refractivity contribution < 1.29 is 0 Å². The van der Waals surface area contributed by atoms with Crippen molar-refractivity contribution in [3.63, 3.8) is 0 Å². The zero-order chi connectivity index (χ0) is 11.9. The molecule has 1 aliphatic heterocycles. The first-order chi connectivity index (χ1) is 7.37. The lowest BCUT2D eigenvalue weighted by Gasteiger charge is -2.23. The average Bonchev–Trinajstić information content (AvgIpc) is 2.46. The fourth-order valence-corrected chi connectivity index (χ4v) is 2.82. The molecule has 1 N–H and O–H groups in total. The highest BCUT2D eigenvalue weighted by Crippen LogP contribution is 2.40. The Bertz CT molecular complexity index is 399. The molecule has 1 aromatic carbocycles. The van der Waals surface area contributed by atoms with Gasteiger partial charge in [0, 0.05) is 18.2 Å². The van der Waals surface area contributed by atoms with E-state index in [1.54, 1.807) is 0 Å². The van der Waals surface area contributed by atoms with E-state index < -0.39 is 0 Å². The second kappa shape index (κ2) is 3.80. The molecule has 1 atom stereocenters. The average molecular weight is 217 g/mol. The van der Waals surface area contributed by atoms with Gasteiger partial charge in [0.1, 0.15) is 0 Å². The van der Waals surface area contributed by atoms with Crippen LogP contribution in [0.4, 0.5) is 5.69 Å². The number of fused-ring (bicyclic) bond motifs is 1. The summed E-state index contributed by atoms with van der Waals surface area (Å²) >= 11 is 0. The van der Waals surface area contributed by atoms with E-state index in [4.69, 9.17) is 0 Å². The van der Waals surface area contributed by atoms with E-state index >= 15 is 0 Å². The van der Waals surface area contributed by atoms with Crippen LogP contribution in [0.25, 0.3) is 0 Å². The molecule has 0 aliphatic carbocycles. The van der Waals surface area contributed by atoms with Crippen molar-refractivity contribution >= 4 is 5.69 Å². The maximum absolute atomic E-state index is 3.57. The summed E-state index contributed by atoms with van der Waals surface area (Å²) in [4.78, 5) is 0. The zero-order valence-electron chi connectivity index (χ0n) is 11.1. The van der Waals surface area contributed by atoms with Crippen molar-refractivity contribution in [3.8, 4) is 0 Å². The fraction of sp³-hybridized carbons (Fsp3) is 0.600. The van der Waals surface area contributed by atoms with Crippen molar-refractivity contribution in [1.82, 2.24) is 0 Å². The van der Waals surface area contributed by atoms with Gasteiger partial charge in [-0.05, 0) is 36.8 Å². The van der Waals surface area contributed by atoms with Crippen LogP contribution in [0.15, 0.2) is 12.1 Å². The monoisotopic (exact) mass is 217 g/mol. The van der Waals surface area contributed by atoms with E-state index in [2.05, 4.69) is 52.1 Å². The van der Waals surface area contributed by atoms with Crippen LogP contribution >= 0.6 is 0 Å². The predicted octanol–water partition coefficient (Wildman–Crippen LogP) is 4.25. The maximum atomic E-state index is 3.57. The summed E-state index contributed by atoms with van der Waals surface area (Å²) < 4.78 is 0. The number of hydrogen-bond acceptors (Lipinski definition) is 1. The van der Waals surface area contributed by atoms with Gasteiger partial charge >= 0.3 is 0 Å². The Kier molecular flexibility index (Phi) is 2.73. The molecule has 0 saturated carbocycles. The Morgan fingerprint density at radius 3 is 2.56 bits per heavy atom. The molecule has 16 heavy (non-hydrogen) atoms. The van der Waals surface area contributed by atoms with E-state index in [0.717, 1.165) is 6.54 Å². The first-order valence-electron chi connectivity index (χ1n) is 6.22. The quantitative estimate of drug-likeness (QED) is 0.741. The Morgan fingerprint density at radius 2 is 1.94 bits per heavy atom. The van der Waals surface area contributed by atoms with Crippen LogP contribution in [0.5, 0.6) is 0 Å².